The summed E-state index contributed by atoms with van der Waals surface area (Å²) in [6, 6.07) is 8.52. The molecule has 0 heterocycles. The summed E-state index contributed by atoms with van der Waals surface area (Å²) in [6.45, 7) is 2.21. The molecule has 0 spiro atoms. The zero-order valence-corrected chi connectivity index (χ0v) is 8.08. The van der Waals surface area contributed by atoms with E-state index in [1.165, 1.54) is 5.56 Å². The molecule has 0 radical (unpaired) electrons. The molecule has 1 saturated carbocycles. The van der Waals surface area contributed by atoms with Crippen LogP contribution >= 0.6 is 0 Å². The first-order valence-corrected chi connectivity index (χ1v) is 4.57. The van der Waals surface area contributed by atoms with E-state index in [-0.39, 0.29) is 5.41 Å². The smallest absolute Gasteiger partial charge is 0.118 e. The minimum absolute atomic E-state index is 0.215. The molecule has 2 heteroatoms. The van der Waals surface area contributed by atoms with Gasteiger partial charge >= 0.3 is 0 Å². The van der Waals surface area contributed by atoms with Crippen molar-refractivity contribution < 1.29 is 4.74 Å². The summed E-state index contributed by atoms with van der Waals surface area (Å²) < 4.78 is 5.10. The first-order valence-electron chi connectivity index (χ1n) is 4.57. The molecule has 1 aromatic carbocycles. The Balaban J connectivity index is 2.24. The maximum absolute atomic E-state index is 5.87. The minimum atomic E-state index is 0.215. The van der Waals surface area contributed by atoms with Gasteiger partial charge in [-0.2, -0.15) is 0 Å². The average molecular weight is 177 g/mol. The number of rotatable bonds is 2. The zero-order valence-electron chi connectivity index (χ0n) is 8.08. The molecular weight excluding hydrogens is 162 g/mol. The molecule has 1 aliphatic carbocycles. The summed E-state index contributed by atoms with van der Waals surface area (Å²) in [7, 11) is 1.68. The van der Waals surface area contributed by atoms with Crippen molar-refractivity contribution in [1.82, 2.24) is 0 Å². The fourth-order valence-electron chi connectivity index (χ4n) is 1.70. The summed E-state index contributed by atoms with van der Waals surface area (Å²) in [5.74, 6) is 0.904. The van der Waals surface area contributed by atoms with Gasteiger partial charge in [0.05, 0.1) is 7.11 Å². The molecule has 13 heavy (non-hydrogen) atoms. The highest BCUT2D eigenvalue weighted by Crippen LogP contribution is 2.46. The van der Waals surface area contributed by atoms with E-state index in [1.54, 1.807) is 7.11 Å². The predicted octanol–water partition coefficient (Wildman–Crippen LogP) is 1.68. The second kappa shape index (κ2) is 2.74. The lowest BCUT2D eigenvalue weighted by molar-refractivity contribution is 0.414. The van der Waals surface area contributed by atoms with Crippen molar-refractivity contribution in [2.75, 3.05) is 7.11 Å². The highest BCUT2D eigenvalue weighted by atomic mass is 16.5. The molecule has 2 rings (SSSR count). The van der Waals surface area contributed by atoms with Crippen LogP contribution in [0.3, 0.4) is 0 Å². The van der Waals surface area contributed by atoms with Crippen molar-refractivity contribution in [3.8, 4) is 5.75 Å². The molecule has 1 aromatic rings. The van der Waals surface area contributed by atoms with Gasteiger partial charge in [0.1, 0.15) is 5.75 Å². The van der Waals surface area contributed by atoms with E-state index in [0.717, 1.165) is 12.2 Å². The predicted molar refractivity (Wildman–Crippen MR) is 52.9 cm³/mol. The lowest BCUT2D eigenvalue weighted by Gasteiger charge is -2.10. The molecule has 0 bridgehead atoms. The van der Waals surface area contributed by atoms with E-state index in [2.05, 4.69) is 19.1 Å². The Hall–Kier alpha value is -1.02. The van der Waals surface area contributed by atoms with Crippen molar-refractivity contribution in [2.45, 2.75) is 24.8 Å². The number of methoxy groups -OCH3 is 1. The largest absolute Gasteiger partial charge is 0.497 e. The number of hydrogen-bond donors (Lipinski definition) is 1. The van der Waals surface area contributed by atoms with E-state index in [9.17, 15) is 0 Å². The summed E-state index contributed by atoms with van der Waals surface area (Å²) in [5.41, 5.74) is 7.41. The van der Waals surface area contributed by atoms with Crippen molar-refractivity contribution in [1.29, 1.82) is 0 Å². The van der Waals surface area contributed by atoms with Crippen LogP contribution in [0.5, 0.6) is 5.75 Å². The standard InChI is InChI=1S/C11H15NO/c1-11(7-10(11)12)8-3-5-9(13-2)6-4-8/h3-6,10H,7,12H2,1-2H3/t10-,11+/m0/s1. The van der Waals surface area contributed by atoms with Crippen LogP contribution < -0.4 is 10.5 Å². The van der Waals surface area contributed by atoms with Crippen molar-refractivity contribution in [3.05, 3.63) is 29.8 Å². The highest BCUT2D eigenvalue weighted by Gasteiger charge is 2.48. The van der Waals surface area contributed by atoms with Crippen LogP contribution in [0, 0.1) is 0 Å². The Morgan fingerprint density at radius 3 is 2.31 bits per heavy atom. The van der Waals surface area contributed by atoms with E-state index in [1.807, 2.05) is 12.1 Å². The Morgan fingerprint density at radius 1 is 1.38 bits per heavy atom. The summed E-state index contributed by atoms with van der Waals surface area (Å²) >= 11 is 0. The number of hydrogen-bond acceptors (Lipinski definition) is 2. The van der Waals surface area contributed by atoms with Crippen LogP contribution in [0.1, 0.15) is 18.9 Å². The summed E-state index contributed by atoms with van der Waals surface area (Å²) in [5, 5.41) is 0. The molecule has 70 valence electrons. The van der Waals surface area contributed by atoms with Gasteiger partial charge in [0, 0.05) is 11.5 Å². The second-order valence-electron chi connectivity index (χ2n) is 3.96. The molecule has 0 aromatic heterocycles. The van der Waals surface area contributed by atoms with Crippen LogP contribution in [-0.2, 0) is 5.41 Å². The van der Waals surface area contributed by atoms with E-state index in [0.29, 0.717) is 6.04 Å². The van der Waals surface area contributed by atoms with E-state index < -0.39 is 0 Å². The third kappa shape index (κ3) is 1.31. The molecule has 0 unspecified atom stereocenters. The van der Waals surface area contributed by atoms with Crippen molar-refractivity contribution in [2.24, 2.45) is 5.73 Å². The van der Waals surface area contributed by atoms with Crippen LogP contribution in [0.15, 0.2) is 24.3 Å². The van der Waals surface area contributed by atoms with Gasteiger partial charge < -0.3 is 10.5 Å². The van der Waals surface area contributed by atoms with Gasteiger partial charge in [-0.1, -0.05) is 19.1 Å². The molecule has 0 saturated heterocycles. The molecular formula is C11H15NO. The number of benzene rings is 1. The van der Waals surface area contributed by atoms with Gasteiger partial charge in [-0.05, 0) is 24.1 Å². The van der Waals surface area contributed by atoms with Gasteiger partial charge in [-0.25, -0.2) is 0 Å². The monoisotopic (exact) mass is 177 g/mol. The SMILES string of the molecule is COc1ccc([C@@]2(C)C[C@@H]2N)cc1. The quantitative estimate of drug-likeness (QED) is 0.746. The first-order chi connectivity index (χ1) is 6.16. The van der Waals surface area contributed by atoms with Gasteiger partial charge in [0.2, 0.25) is 0 Å². The first kappa shape index (κ1) is 8.57. The lowest BCUT2D eigenvalue weighted by atomic mass is 9.97. The summed E-state index contributed by atoms with van der Waals surface area (Å²) in [4.78, 5) is 0. The summed E-state index contributed by atoms with van der Waals surface area (Å²) in [6.07, 6.45) is 1.10. The number of nitrogens with two attached hydrogens (primary N) is 1. The zero-order chi connectivity index (χ0) is 9.47. The van der Waals surface area contributed by atoms with Gasteiger partial charge in [0.25, 0.3) is 0 Å². The van der Waals surface area contributed by atoms with Crippen molar-refractivity contribution >= 4 is 0 Å². The van der Waals surface area contributed by atoms with E-state index in [4.69, 9.17) is 10.5 Å². The van der Waals surface area contributed by atoms with Crippen LogP contribution in [0.25, 0.3) is 0 Å². The minimum Gasteiger partial charge on any atom is -0.497 e. The third-order valence-electron chi connectivity index (χ3n) is 3.05. The van der Waals surface area contributed by atoms with Crippen LogP contribution in [0.4, 0.5) is 0 Å². The molecule has 1 fully saturated rings. The second-order valence-corrected chi connectivity index (χ2v) is 3.96. The molecule has 1 aliphatic rings. The third-order valence-corrected chi connectivity index (χ3v) is 3.05. The van der Waals surface area contributed by atoms with Crippen molar-refractivity contribution in [3.63, 3.8) is 0 Å². The van der Waals surface area contributed by atoms with E-state index >= 15 is 0 Å². The Kier molecular flexibility index (Phi) is 1.81. The van der Waals surface area contributed by atoms with Gasteiger partial charge in [-0.15, -0.1) is 0 Å². The highest BCUT2D eigenvalue weighted by molar-refractivity contribution is 5.38. The molecule has 0 aliphatic heterocycles. The fraction of sp³-hybridized carbons (Fsp3) is 0.455. The lowest BCUT2D eigenvalue weighted by Crippen LogP contribution is -2.14. The van der Waals surface area contributed by atoms with Gasteiger partial charge in [0.15, 0.2) is 0 Å². The number of ether oxygens (including phenoxy) is 1. The van der Waals surface area contributed by atoms with Crippen LogP contribution in [0.2, 0.25) is 0 Å². The Morgan fingerprint density at radius 2 is 1.92 bits per heavy atom. The molecule has 2 atom stereocenters. The fourth-order valence-corrected chi connectivity index (χ4v) is 1.70. The maximum atomic E-state index is 5.87. The molecule has 2 nitrogen and oxygen atoms in total. The Bertz CT molecular complexity index is 306. The average Bonchev–Trinajstić information content (AvgIpc) is 2.76. The van der Waals surface area contributed by atoms with Gasteiger partial charge in [-0.3, -0.25) is 0 Å². The molecule has 2 N–H and O–H groups in total. The topological polar surface area (TPSA) is 35.2 Å². The maximum Gasteiger partial charge on any atom is 0.118 e. The Labute approximate surface area is 78.7 Å². The normalized spacial score (nSPS) is 31.5. The van der Waals surface area contributed by atoms with Crippen LogP contribution in [-0.4, -0.2) is 13.2 Å². The molecule has 0 amide bonds.